The summed E-state index contributed by atoms with van der Waals surface area (Å²) in [6, 6.07) is 17.2. The van der Waals surface area contributed by atoms with Crippen LogP contribution in [0.2, 0.25) is 0 Å². The van der Waals surface area contributed by atoms with Crippen LogP contribution in [0.1, 0.15) is 70.2 Å². The summed E-state index contributed by atoms with van der Waals surface area (Å²) >= 11 is 0. The largest absolute Gasteiger partial charge is 0.445 e. The van der Waals surface area contributed by atoms with Gasteiger partial charge in [-0.15, -0.1) is 0 Å². The maximum atomic E-state index is 13.7. The fourth-order valence-electron chi connectivity index (χ4n) is 5.16. The molecule has 0 bridgehead atoms. The molecule has 1 aromatic heterocycles. The fourth-order valence-corrected chi connectivity index (χ4v) is 5.16. The monoisotopic (exact) mass is 633 g/mol. The number of amides is 3. The number of rotatable bonds is 17. The first-order valence-corrected chi connectivity index (χ1v) is 15.8. The lowest BCUT2D eigenvalue weighted by Crippen LogP contribution is -2.51. The minimum atomic E-state index is -1.05. The van der Waals surface area contributed by atoms with Crippen LogP contribution in [0.15, 0.2) is 73.2 Å². The topological polar surface area (TPSA) is 155 Å². The second kappa shape index (κ2) is 18.3. The Hall–Kier alpha value is -4.67. The Morgan fingerprint density at radius 1 is 0.804 bits per heavy atom. The number of alkyl carbamates (subject to hydrolysis) is 1. The molecule has 3 rings (SSSR count). The number of carbonyl (C=O) groups is 4. The van der Waals surface area contributed by atoms with Crippen LogP contribution >= 0.6 is 0 Å². The van der Waals surface area contributed by atoms with E-state index in [1.807, 2.05) is 74.5 Å². The minimum absolute atomic E-state index is 0.00308. The van der Waals surface area contributed by atoms with Gasteiger partial charge in [0.15, 0.2) is 0 Å². The predicted molar refractivity (Wildman–Crippen MR) is 174 cm³/mol. The van der Waals surface area contributed by atoms with E-state index in [4.69, 9.17) is 15.2 Å². The summed E-state index contributed by atoms with van der Waals surface area (Å²) in [4.78, 5) is 55.6. The zero-order chi connectivity index (χ0) is 33.5. The number of benzene rings is 2. The van der Waals surface area contributed by atoms with Gasteiger partial charge < -0.3 is 25.8 Å². The molecular weight excluding hydrogens is 586 g/mol. The quantitative estimate of drug-likeness (QED) is 0.181. The fraction of sp³-hybridized carbons (Fsp3) is 0.457. The number of nitrogens with two attached hydrogens (primary N) is 1. The van der Waals surface area contributed by atoms with Crippen LogP contribution in [0.4, 0.5) is 9.59 Å². The first kappa shape index (κ1) is 35.8. The molecule has 0 spiro atoms. The van der Waals surface area contributed by atoms with Crippen molar-refractivity contribution in [1.29, 1.82) is 0 Å². The number of imidazole rings is 1. The van der Waals surface area contributed by atoms with Gasteiger partial charge in [-0.05, 0) is 48.6 Å². The van der Waals surface area contributed by atoms with Crippen LogP contribution in [0.5, 0.6) is 0 Å². The highest BCUT2D eigenvalue weighted by atomic mass is 16.6. The van der Waals surface area contributed by atoms with Gasteiger partial charge in [-0.1, -0.05) is 88.4 Å². The van der Waals surface area contributed by atoms with Crippen molar-refractivity contribution in [3.05, 3.63) is 90.0 Å². The highest BCUT2D eigenvalue weighted by Crippen LogP contribution is 2.20. The second-order valence-electron chi connectivity index (χ2n) is 12.4. The lowest BCUT2D eigenvalue weighted by Gasteiger charge is -2.26. The average Bonchev–Trinajstić information content (AvgIpc) is 3.49. The van der Waals surface area contributed by atoms with E-state index in [2.05, 4.69) is 29.5 Å². The lowest BCUT2D eigenvalue weighted by atomic mass is 9.89. The molecule has 0 fully saturated rings. The highest BCUT2D eigenvalue weighted by molar-refractivity contribution is 5.86. The van der Waals surface area contributed by atoms with Crippen LogP contribution in [-0.4, -0.2) is 45.6 Å². The smallest absolute Gasteiger partial charge is 0.419 e. The number of nitrogens with zero attached hydrogens (tertiary/aromatic N) is 2. The van der Waals surface area contributed by atoms with Crippen LogP contribution < -0.4 is 16.4 Å². The molecule has 4 N–H and O–H groups in total. The number of carbonyl (C=O) groups excluding carboxylic acids is 4. The first-order chi connectivity index (χ1) is 22.0. The average molecular weight is 634 g/mol. The number of hydrogen-bond donors (Lipinski definition) is 3. The summed E-state index contributed by atoms with van der Waals surface area (Å²) in [6.45, 7) is 8.32. The van der Waals surface area contributed by atoms with Gasteiger partial charge in [0.1, 0.15) is 25.6 Å². The van der Waals surface area contributed by atoms with E-state index in [1.165, 1.54) is 17.1 Å². The summed E-state index contributed by atoms with van der Waals surface area (Å²) in [6.07, 6.45) is 3.83. The van der Waals surface area contributed by atoms with Gasteiger partial charge in [0, 0.05) is 24.6 Å². The van der Waals surface area contributed by atoms with Crippen LogP contribution in [-0.2, 0) is 38.7 Å². The van der Waals surface area contributed by atoms with Crippen molar-refractivity contribution in [2.24, 2.45) is 23.5 Å². The molecular formula is C35H47N5O6. The van der Waals surface area contributed by atoms with Gasteiger partial charge in [0.05, 0.1) is 5.69 Å². The molecule has 3 atom stereocenters. The SMILES string of the molecule is CC(C)C[C@@H](CC[C@H](CC(C)C)C(N)=O)NC(=O)[C@H](Cc1cn(C(=O)OCc2ccccc2)cn1)NC(=O)OCc1ccccc1. The van der Waals surface area contributed by atoms with Crippen molar-refractivity contribution in [1.82, 2.24) is 20.2 Å². The third-order valence-electron chi connectivity index (χ3n) is 7.41. The van der Waals surface area contributed by atoms with Crippen molar-refractivity contribution >= 4 is 24.0 Å². The number of primary amides is 1. The zero-order valence-electron chi connectivity index (χ0n) is 27.2. The van der Waals surface area contributed by atoms with E-state index in [-0.39, 0.29) is 43.4 Å². The van der Waals surface area contributed by atoms with Crippen molar-refractivity contribution in [3.8, 4) is 0 Å². The summed E-state index contributed by atoms with van der Waals surface area (Å²) in [7, 11) is 0. The van der Waals surface area contributed by atoms with Gasteiger partial charge in [0.25, 0.3) is 0 Å². The molecule has 0 aliphatic heterocycles. The van der Waals surface area contributed by atoms with Gasteiger partial charge in [0.2, 0.25) is 11.8 Å². The summed E-state index contributed by atoms with van der Waals surface area (Å²) < 4.78 is 12.0. The number of ether oxygens (including phenoxy) is 2. The summed E-state index contributed by atoms with van der Waals surface area (Å²) in [5.41, 5.74) is 7.71. The molecule has 3 amide bonds. The van der Waals surface area contributed by atoms with Gasteiger partial charge in [-0.25, -0.2) is 19.1 Å². The molecule has 1 heterocycles. The molecule has 0 aliphatic rings. The third-order valence-corrected chi connectivity index (χ3v) is 7.41. The normalized spacial score (nSPS) is 13.1. The number of nitrogens with one attached hydrogen (secondary N) is 2. The van der Waals surface area contributed by atoms with E-state index >= 15 is 0 Å². The van der Waals surface area contributed by atoms with Crippen LogP contribution in [0.25, 0.3) is 0 Å². The van der Waals surface area contributed by atoms with Crippen molar-refractivity contribution in [2.45, 2.75) is 85.1 Å². The molecule has 2 aromatic carbocycles. The van der Waals surface area contributed by atoms with E-state index in [1.54, 1.807) is 0 Å². The molecule has 11 nitrogen and oxygen atoms in total. The second-order valence-corrected chi connectivity index (χ2v) is 12.4. The Labute approximate surface area is 271 Å². The molecule has 0 saturated heterocycles. The van der Waals surface area contributed by atoms with Crippen LogP contribution in [0.3, 0.4) is 0 Å². The van der Waals surface area contributed by atoms with E-state index in [9.17, 15) is 19.2 Å². The molecule has 46 heavy (non-hydrogen) atoms. The van der Waals surface area contributed by atoms with Crippen molar-refractivity contribution in [2.75, 3.05) is 0 Å². The van der Waals surface area contributed by atoms with E-state index in [0.717, 1.165) is 11.1 Å². The lowest BCUT2D eigenvalue weighted by molar-refractivity contribution is -0.124. The highest BCUT2D eigenvalue weighted by Gasteiger charge is 2.27. The maximum Gasteiger partial charge on any atom is 0.419 e. The van der Waals surface area contributed by atoms with Crippen molar-refractivity contribution in [3.63, 3.8) is 0 Å². The molecule has 0 radical (unpaired) electrons. The standard InChI is InChI=1S/C35H47N5O6/c1-24(2)17-28(32(36)41)15-16-29(18-25(3)4)38-33(42)31(39-34(43)45-21-26-11-7-5-8-12-26)19-30-20-40(23-37-30)35(44)46-22-27-13-9-6-10-14-27/h5-14,20,23-25,28-29,31H,15-19,21-22H2,1-4H3,(H2,36,41)(H,38,42)(H,39,43)/t28-,29-,31+/m1/s1. The molecule has 3 aromatic rings. The number of hydrogen-bond acceptors (Lipinski definition) is 7. The number of aromatic nitrogens is 2. The summed E-state index contributed by atoms with van der Waals surface area (Å²) in [5, 5.41) is 5.75. The first-order valence-electron chi connectivity index (χ1n) is 15.8. The predicted octanol–water partition coefficient (Wildman–Crippen LogP) is 5.36. The summed E-state index contributed by atoms with van der Waals surface area (Å²) in [5.74, 6) is -0.493. The van der Waals surface area contributed by atoms with Crippen LogP contribution in [0, 0.1) is 17.8 Å². The molecule has 0 unspecified atom stereocenters. The Balaban J connectivity index is 1.71. The van der Waals surface area contributed by atoms with E-state index < -0.39 is 24.1 Å². The molecule has 248 valence electrons. The van der Waals surface area contributed by atoms with Gasteiger partial charge in [-0.3, -0.25) is 9.59 Å². The Morgan fingerprint density at radius 3 is 1.96 bits per heavy atom. The van der Waals surface area contributed by atoms with Crippen molar-refractivity contribution < 1.29 is 28.7 Å². The van der Waals surface area contributed by atoms with Gasteiger partial charge >= 0.3 is 12.2 Å². The molecule has 11 heteroatoms. The van der Waals surface area contributed by atoms with E-state index in [0.29, 0.717) is 37.3 Å². The maximum absolute atomic E-state index is 13.7. The molecule has 0 aliphatic carbocycles. The Morgan fingerprint density at radius 2 is 1.39 bits per heavy atom. The van der Waals surface area contributed by atoms with Gasteiger partial charge in [-0.2, -0.15) is 0 Å². The Kier molecular flexibility index (Phi) is 14.3. The third kappa shape index (κ3) is 12.7. The minimum Gasteiger partial charge on any atom is -0.445 e. The molecule has 0 saturated carbocycles. The zero-order valence-corrected chi connectivity index (χ0v) is 27.2. The Bertz CT molecular complexity index is 1390.